The van der Waals surface area contributed by atoms with Gasteiger partial charge >= 0.3 is 0 Å². The SMILES string of the molecule is CCCCCNc1cc2c(cc1C#N)C(=O)CC2. The van der Waals surface area contributed by atoms with Crippen molar-refractivity contribution in [1.82, 2.24) is 0 Å². The molecule has 0 saturated carbocycles. The van der Waals surface area contributed by atoms with E-state index in [0.29, 0.717) is 12.0 Å². The smallest absolute Gasteiger partial charge is 0.163 e. The quantitative estimate of drug-likeness (QED) is 0.806. The number of unbranched alkanes of at least 4 members (excludes halogenated alkanes) is 2. The van der Waals surface area contributed by atoms with E-state index in [9.17, 15) is 4.79 Å². The summed E-state index contributed by atoms with van der Waals surface area (Å²) in [5.41, 5.74) is 3.28. The second-order valence-electron chi connectivity index (χ2n) is 4.72. The van der Waals surface area contributed by atoms with Gasteiger partial charge < -0.3 is 5.32 Å². The van der Waals surface area contributed by atoms with Gasteiger partial charge in [-0.3, -0.25) is 4.79 Å². The molecule has 1 aliphatic rings. The molecule has 0 fully saturated rings. The number of anilines is 1. The first-order valence-corrected chi connectivity index (χ1v) is 6.60. The Morgan fingerprint density at radius 3 is 2.89 bits per heavy atom. The third-order valence-corrected chi connectivity index (χ3v) is 3.38. The minimum absolute atomic E-state index is 0.166. The van der Waals surface area contributed by atoms with Gasteiger partial charge in [0.25, 0.3) is 0 Å². The number of carbonyl (C=O) groups excluding carboxylic acids is 1. The normalized spacial score (nSPS) is 13.2. The molecule has 3 heteroatoms. The average molecular weight is 242 g/mol. The molecular formula is C15H18N2O. The monoisotopic (exact) mass is 242 g/mol. The summed E-state index contributed by atoms with van der Waals surface area (Å²) >= 11 is 0. The summed E-state index contributed by atoms with van der Waals surface area (Å²) in [6.07, 6.45) is 4.88. The molecule has 0 unspecified atom stereocenters. The lowest BCUT2D eigenvalue weighted by molar-refractivity contribution is 0.0994. The van der Waals surface area contributed by atoms with Crippen molar-refractivity contribution in [2.75, 3.05) is 11.9 Å². The summed E-state index contributed by atoms with van der Waals surface area (Å²) in [5, 5.41) is 12.4. The van der Waals surface area contributed by atoms with Crippen molar-refractivity contribution in [3.8, 4) is 6.07 Å². The van der Waals surface area contributed by atoms with Gasteiger partial charge in [0.1, 0.15) is 6.07 Å². The van der Waals surface area contributed by atoms with Gasteiger partial charge in [0, 0.05) is 18.5 Å². The molecule has 0 saturated heterocycles. The van der Waals surface area contributed by atoms with Gasteiger partial charge in [-0.1, -0.05) is 19.8 Å². The molecule has 18 heavy (non-hydrogen) atoms. The molecule has 0 aliphatic heterocycles. The van der Waals surface area contributed by atoms with Gasteiger partial charge in [0.2, 0.25) is 0 Å². The van der Waals surface area contributed by atoms with Crippen LogP contribution in [0.25, 0.3) is 0 Å². The number of nitrogens with zero attached hydrogens (tertiary/aromatic N) is 1. The van der Waals surface area contributed by atoms with E-state index in [0.717, 1.165) is 36.2 Å². The van der Waals surface area contributed by atoms with E-state index in [1.165, 1.54) is 12.8 Å². The number of ketones is 1. The highest BCUT2D eigenvalue weighted by Crippen LogP contribution is 2.28. The maximum atomic E-state index is 11.6. The van der Waals surface area contributed by atoms with E-state index in [2.05, 4.69) is 18.3 Å². The zero-order valence-corrected chi connectivity index (χ0v) is 10.8. The van der Waals surface area contributed by atoms with E-state index in [4.69, 9.17) is 5.26 Å². The molecule has 0 bridgehead atoms. The third kappa shape index (κ3) is 2.53. The van der Waals surface area contributed by atoms with E-state index in [1.807, 2.05) is 6.07 Å². The Kier molecular flexibility index (Phi) is 3.99. The number of rotatable bonds is 5. The zero-order valence-electron chi connectivity index (χ0n) is 10.8. The van der Waals surface area contributed by atoms with Gasteiger partial charge in [0.05, 0.1) is 11.3 Å². The van der Waals surface area contributed by atoms with Crippen LogP contribution in [0.2, 0.25) is 0 Å². The fourth-order valence-corrected chi connectivity index (χ4v) is 2.33. The molecule has 2 rings (SSSR count). The summed E-state index contributed by atoms with van der Waals surface area (Å²) in [6, 6.07) is 5.89. The number of fused-ring (bicyclic) bond motifs is 1. The Balaban J connectivity index is 2.15. The Bertz CT molecular complexity index is 500. The largest absolute Gasteiger partial charge is 0.384 e. The Labute approximate surface area is 108 Å². The van der Waals surface area contributed by atoms with Gasteiger partial charge in [-0.15, -0.1) is 0 Å². The van der Waals surface area contributed by atoms with Crippen molar-refractivity contribution in [2.24, 2.45) is 0 Å². The van der Waals surface area contributed by atoms with Crippen molar-refractivity contribution in [3.05, 3.63) is 28.8 Å². The van der Waals surface area contributed by atoms with Crippen LogP contribution in [-0.4, -0.2) is 12.3 Å². The van der Waals surface area contributed by atoms with Gasteiger partial charge in [-0.25, -0.2) is 0 Å². The molecule has 0 aromatic heterocycles. The van der Waals surface area contributed by atoms with Crippen molar-refractivity contribution >= 4 is 11.5 Å². The van der Waals surface area contributed by atoms with Gasteiger partial charge in [-0.2, -0.15) is 5.26 Å². The summed E-state index contributed by atoms with van der Waals surface area (Å²) < 4.78 is 0. The number of carbonyl (C=O) groups is 1. The van der Waals surface area contributed by atoms with E-state index in [1.54, 1.807) is 6.07 Å². The van der Waals surface area contributed by atoms with Crippen LogP contribution in [0.1, 0.15) is 54.1 Å². The molecule has 0 atom stereocenters. The van der Waals surface area contributed by atoms with E-state index in [-0.39, 0.29) is 5.78 Å². The molecule has 0 radical (unpaired) electrons. The fourth-order valence-electron chi connectivity index (χ4n) is 2.33. The first kappa shape index (κ1) is 12.6. The second kappa shape index (κ2) is 5.68. The van der Waals surface area contributed by atoms with Crippen LogP contribution in [0.5, 0.6) is 0 Å². The molecule has 1 aromatic carbocycles. The zero-order chi connectivity index (χ0) is 13.0. The number of aryl methyl sites for hydroxylation is 1. The molecule has 0 heterocycles. The number of nitriles is 1. The first-order chi connectivity index (χ1) is 8.76. The summed E-state index contributed by atoms with van der Waals surface area (Å²) in [6.45, 7) is 3.05. The second-order valence-corrected chi connectivity index (χ2v) is 4.72. The number of hydrogen-bond donors (Lipinski definition) is 1. The van der Waals surface area contributed by atoms with Crippen molar-refractivity contribution in [2.45, 2.75) is 39.0 Å². The third-order valence-electron chi connectivity index (χ3n) is 3.38. The Morgan fingerprint density at radius 2 is 2.17 bits per heavy atom. The molecule has 3 nitrogen and oxygen atoms in total. The molecule has 0 spiro atoms. The fraction of sp³-hybridized carbons (Fsp3) is 0.467. The Morgan fingerprint density at radius 1 is 1.33 bits per heavy atom. The minimum atomic E-state index is 0.166. The number of Topliss-reactive ketones (excluding diaryl/α,β-unsaturated/α-hetero) is 1. The minimum Gasteiger partial charge on any atom is -0.384 e. The highest BCUT2D eigenvalue weighted by molar-refractivity contribution is 6.01. The molecular weight excluding hydrogens is 224 g/mol. The highest BCUT2D eigenvalue weighted by atomic mass is 16.1. The van der Waals surface area contributed by atoms with Crippen LogP contribution in [0, 0.1) is 11.3 Å². The average Bonchev–Trinajstić information content (AvgIpc) is 2.75. The van der Waals surface area contributed by atoms with Crippen LogP contribution < -0.4 is 5.32 Å². The van der Waals surface area contributed by atoms with Gasteiger partial charge in [-0.05, 0) is 30.5 Å². The molecule has 94 valence electrons. The van der Waals surface area contributed by atoms with Crippen LogP contribution in [0.15, 0.2) is 12.1 Å². The van der Waals surface area contributed by atoms with Crippen molar-refractivity contribution in [1.29, 1.82) is 5.26 Å². The Hall–Kier alpha value is -1.82. The summed E-state index contributed by atoms with van der Waals surface area (Å²) in [7, 11) is 0. The molecule has 1 aliphatic carbocycles. The van der Waals surface area contributed by atoms with E-state index >= 15 is 0 Å². The van der Waals surface area contributed by atoms with E-state index < -0.39 is 0 Å². The lowest BCUT2D eigenvalue weighted by Gasteiger charge is -2.10. The van der Waals surface area contributed by atoms with Crippen molar-refractivity contribution in [3.63, 3.8) is 0 Å². The van der Waals surface area contributed by atoms with Crippen LogP contribution in [0.3, 0.4) is 0 Å². The van der Waals surface area contributed by atoms with Crippen LogP contribution in [-0.2, 0) is 6.42 Å². The van der Waals surface area contributed by atoms with Crippen LogP contribution >= 0.6 is 0 Å². The maximum absolute atomic E-state index is 11.6. The van der Waals surface area contributed by atoms with Crippen LogP contribution in [0.4, 0.5) is 5.69 Å². The summed E-state index contributed by atoms with van der Waals surface area (Å²) in [4.78, 5) is 11.6. The topological polar surface area (TPSA) is 52.9 Å². The number of nitrogens with one attached hydrogen (secondary N) is 1. The molecule has 1 aromatic rings. The summed E-state index contributed by atoms with van der Waals surface area (Å²) in [5.74, 6) is 0.166. The lowest BCUT2D eigenvalue weighted by atomic mass is 10.0. The number of hydrogen-bond acceptors (Lipinski definition) is 3. The highest BCUT2D eigenvalue weighted by Gasteiger charge is 2.21. The molecule has 1 N–H and O–H groups in total. The standard InChI is InChI=1S/C15H18N2O/c1-2-3-4-7-17-14-9-11-5-6-15(18)13(11)8-12(14)10-16/h8-9,17H,2-7H2,1H3. The first-order valence-electron chi connectivity index (χ1n) is 6.60. The lowest BCUT2D eigenvalue weighted by Crippen LogP contribution is -2.04. The van der Waals surface area contributed by atoms with Gasteiger partial charge in [0.15, 0.2) is 5.78 Å². The number of benzene rings is 1. The van der Waals surface area contributed by atoms with Crippen molar-refractivity contribution < 1.29 is 4.79 Å². The molecule has 0 amide bonds. The predicted molar refractivity (Wildman–Crippen MR) is 71.8 cm³/mol. The maximum Gasteiger partial charge on any atom is 0.163 e. The predicted octanol–water partition coefficient (Wildman–Crippen LogP) is 3.29.